The fraction of sp³-hybridized carbons (Fsp3) is 0.316. The number of amides is 1. The molecule has 4 nitrogen and oxygen atoms in total. The van der Waals surface area contributed by atoms with E-state index in [-0.39, 0.29) is 12.0 Å². The summed E-state index contributed by atoms with van der Waals surface area (Å²) in [4.78, 5) is 12.2. The number of hydrogen-bond acceptors (Lipinski definition) is 3. The van der Waals surface area contributed by atoms with Crippen LogP contribution in [-0.4, -0.2) is 18.1 Å². The lowest BCUT2D eigenvalue weighted by atomic mass is 10.2. The molecule has 2 aromatic carbocycles. The third-order valence-corrected chi connectivity index (χ3v) is 3.20. The Kier molecular flexibility index (Phi) is 5.63. The van der Waals surface area contributed by atoms with E-state index in [0.717, 1.165) is 11.3 Å². The zero-order valence-corrected chi connectivity index (χ0v) is 14.0. The van der Waals surface area contributed by atoms with Crippen LogP contribution in [0.3, 0.4) is 0 Å². The van der Waals surface area contributed by atoms with Crippen LogP contribution in [0.5, 0.6) is 11.5 Å². The van der Waals surface area contributed by atoms with Gasteiger partial charge in [0, 0.05) is 5.69 Å². The van der Waals surface area contributed by atoms with Gasteiger partial charge in [-0.15, -0.1) is 0 Å². The molecule has 1 amide bonds. The van der Waals surface area contributed by atoms with E-state index >= 15 is 0 Å². The van der Waals surface area contributed by atoms with E-state index in [9.17, 15) is 4.79 Å². The van der Waals surface area contributed by atoms with Crippen LogP contribution in [0.25, 0.3) is 0 Å². The molecule has 0 aromatic heterocycles. The van der Waals surface area contributed by atoms with Crippen molar-refractivity contribution in [2.24, 2.45) is 0 Å². The summed E-state index contributed by atoms with van der Waals surface area (Å²) in [7, 11) is 0. The number of anilines is 1. The second kappa shape index (κ2) is 7.68. The number of carbonyl (C=O) groups is 1. The summed E-state index contributed by atoms with van der Waals surface area (Å²) in [5, 5.41) is 2.83. The molecule has 0 saturated heterocycles. The first-order valence-electron chi connectivity index (χ1n) is 7.75. The van der Waals surface area contributed by atoms with Crippen molar-refractivity contribution in [3.63, 3.8) is 0 Å². The first kappa shape index (κ1) is 16.9. The Morgan fingerprint density at radius 3 is 1.96 bits per heavy atom. The van der Waals surface area contributed by atoms with Crippen molar-refractivity contribution in [1.82, 2.24) is 0 Å². The molecular formula is C19H23NO3. The number of hydrogen-bond donors (Lipinski definition) is 1. The number of nitrogens with one attached hydrogen (secondary N) is 1. The molecule has 0 bridgehead atoms. The fourth-order valence-electron chi connectivity index (χ4n) is 2.01. The van der Waals surface area contributed by atoms with E-state index < -0.39 is 6.10 Å². The molecule has 4 heteroatoms. The van der Waals surface area contributed by atoms with Gasteiger partial charge in [-0.25, -0.2) is 0 Å². The van der Waals surface area contributed by atoms with Crippen LogP contribution in [0.4, 0.5) is 5.69 Å². The molecule has 0 radical (unpaired) electrons. The average Bonchev–Trinajstić information content (AvgIpc) is 2.51. The summed E-state index contributed by atoms with van der Waals surface area (Å²) in [5.74, 6) is 1.27. The predicted molar refractivity (Wildman–Crippen MR) is 92.1 cm³/mol. The highest BCUT2D eigenvalue weighted by atomic mass is 16.5. The molecule has 0 fully saturated rings. The van der Waals surface area contributed by atoms with Gasteiger partial charge in [0.1, 0.15) is 11.5 Å². The van der Waals surface area contributed by atoms with Gasteiger partial charge in [0.05, 0.1) is 6.10 Å². The summed E-state index contributed by atoms with van der Waals surface area (Å²) < 4.78 is 11.2. The molecule has 1 N–H and O–H groups in total. The Morgan fingerprint density at radius 1 is 0.870 bits per heavy atom. The van der Waals surface area contributed by atoms with Crippen LogP contribution in [-0.2, 0) is 4.79 Å². The second-order valence-corrected chi connectivity index (χ2v) is 5.75. The van der Waals surface area contributed by atoms with Crippen molar-refractivity contribution in [1.29, 1.82) is 0 Å². The highest BCUT2D eigenvalue weighted by Gasteiger charge is 2.14. The molecular weight excluding hydrogens is 290 g/mol. The van der Waals surface area contributed by atoms with Crippen LogP contribution in [0.1, 0.15) is 26.3 Å². The third-order valence-electron chi connectivity index (χ3n) is 3.20. The highest BCUT2D eigenvalue weighted by Crippen LogP contribution is 2.18. The normalized spacial score (nSPS) is 11.9. The maximum atomic E-state index is 12.2. The van der Waals surface area contributed by atoms with Crippen molar-refractivity contribution in [3.8, 4) is 11.5 Å². The molecule has 1 unspecified atom stereocenters. The van der Waals surface area contributed by atoms with Gasteiger partial charge in [0.25, 0.3) is 5.91 Å². The Morgan fingerprint density at radius 2 is 1.39 bits per heavy atom. The van der Waals surface area contributed by atoms with Gasteiger partial charge >= 0.3 is 0 Å². The van der Waals surface area contributed by atoms with E-state index in [1.807, 2.05) is 69.3 Å². The summed E-state index contributed by atoms with van der Waals surface area (Å²) in [6, 6.07) is 14.9. The van der Waals surface area contributed by atoms with Gasteiger partial charge in [0.2, 0.25) is 0 Å². The number of carbonyl (C=O) groups excluding carboxylic acids is 1. The molecule has 2 aromatic rings. The van der Waals surface area contributed by atoms with Crippen LogP contribution < -0.4 is 14.8 Å². The average molecular weight is 313 g/mol. The molecule has 0 heterocycles. The molecule has 2 rings (SSSR count). The Hall–Kier alpha value is -2.49. The third kappa shape index (κ3) is 5.33. The van der Waals surface area contributed by atoms with Gasteiger partial charge in [0.15, 0.2) is 6.10 Å². The van der Waals surface area contributed by atoms with Crippen molar-refractivity contribution in [2.45, 2.75) is 39.9 Å². The maximum Gasteiger partial charge on any atom is 0.265 e. The molecule has 0 aliphatic carbocycles. The maximum absolute atomic E-state index is 12.2. The van der Waals surface area contributed by atoms with Crippen molar-refractivity contribution < 1.29 is 14.3 Å². The second-order valence-electron chi connectivity index (χ2n) is 5.75. The zero-order valence-electron chi connectivity index (χ0n) is 14.0. The monoisotopic (exact) mass is 313 g/mol. The van der Waals surface area contributed by atoms with E-state index in [4.69, 9.17) is 9.47 Å². The fourth-order valence-corrected chi connectivity index (χ4v) is 2.01. The summed E-state index contributed by atoms with van der Waals surface area (Å²) in [6.07, 6.45) is -0.456. The SMILES string of the molecule is Cc1ccc(OC(C)C(=O)Nc2ccc(OC(C)C)cc2)cc1. The largest absolute Gasteiger partial charge is 0.491 e. The number of aryl methyl sites for hydroxylation is 1. The summed E-state index contributed by atoms with van der Waals surface area (Å²) in [6.45, 7) is 7.68. The van der Waals surface area contributed by atoms with Gasteiger partial charge in [-0.1, -0.05) is 17.7 Å². The molecule has 23 heavy (non-hydrogen) atoms. The standard InChI is InChI=1S/C19H23NO3/c1-13(2)22-17-11-7-16(8-12-17)20-19(21)15(4)23-18-9-5-14(3)6-10-18/h5-13,15H,1-4H3,(H,20,21). The number of benzene rings is 2. The first-order valence-corrected chi connectivity index (χ1v) is 7.75. The molecule has 0 aliphatic rings. The highest BCUT2D eigenvalue weighted by molar-refractivity contribution is 5.94. The lowest BCUT2D eigenvalue weighted by Gasteiger charge is -2.15. The molecule has 0 aliphatic heterocycles. The Balaban J connectivity index is 1.91. The number of ether oxygens (including phenoxy) is 2. The summed E-state index contributed by atoms with van der Waals surface area (Å²) >= 11 is 0. The van der Waals surface area contributed by atoms with Crippen LogP contribution in [0.2, 0.25) is 0 Å². The van der Waals surface area contributed by atoms with Crippen LogP contribution >= 0.6 is 0 Å². The smallest absolute Gasteiger partial charge is 0.265 e. The minimum atomic E-state index is -0.579. The quantitative estimate of drug-likeness (QED) is 0.870. The van der Waals surface area contributed by atoms with Gasteiger partial charge in [-0.3, -0.25) is 4.79 Å². The minimum Gasteiger partial charge on any atom is -0.491 e. The minimum absolute atomic E-state index is 0.123. The van der Waals surface area contributed by atoms with E-state index in [1.54, 1.807) is 6.92 Å². The molecule has 122 valence electrons. The van der Waals surface area contributed by atoms with Gasteiger partial charge in [-0.05, 0) is 64.1 Å². The Labute approximate surface area is 137 Å². The topological polar surface area (TPSA) is 47.6 Å². The van der Waals surface area contributed by atoms with E-state index in [0.29, 0.717) is 11.4 Å². The van der Waals surface area contributed by atoms with Crippen LogP contribution in [0.15, 0.2) is 48.5 Å². The lowest BCUT2D eigenvalue weighted by Crippen LogP contribution is -2.30. The molecule has 0 spiro atoms. The predicted octanol–water partition coefficient (Wildman–Crippen LogP) is 4.19. The summed E-state index contributed by atoms with van der Waals surface area (Å²) in [5.41, 5.74) is 1.86. The zero-order chi connectivity index (χ0) is 16.8. The number of rotatable bonds is 6. The van der Waals surface area contributed by atoms with E-state index in [1.165, 1.54) is 0 Å². The van der Waals surface area contributed by atoms with Gasteiger partial charge in [-0.2, -0.15) is 0 Å². The van der Waals surface area contributed by atoms with E-state index in [2.05, 4.69) is 5.32 Å². The van der Waals surface area contributed by atoms with Crippen molar-refractivity contribution in [3.05, 3.63) is 54.1 Å². The lowest BCUT2D eigenvalue weighted by molar-refractivity contribution is -0.122. The molecule has 0 saturated carbocycles. The first-order chi connectivity index (χ1) is 10.9. The van der Waals surface area contributed by atoms with Crippen LogP contribution in [0, 0.1) is 6.92 Å². The molecule has 1 atom stereocenters. The van der Waals surface area contributed by atoms with Crippen molar-refractivity contribution >= 4 is 11.6 Å². The van der Waals surface area contributed by atoms with Crippen molar-refractivity contribution in [2.75, 3.05) is 5.32 Å². The Bertz CT molecular complexity index is 633. The van der Waals surface area contributed by atoms with Gasteiger partial charge < -0.3 is 14.8 Å².